The van der Waals surface area contributed by atoms with Crippen LogP contribution in [0.4, 0.5) is 0 Å². The summed E-state index contributed by atoms with van der Waals surface area (Å²) in [5.74, 6) is 1.53. The Morgan fingerprint density at radius 3 is 1.73 bits per heavy atom. The fourth-order valence-electron chi connectivity index (χ4n) is 10.6. The molecule has 6 nitrogen and oxygen atoms in total. The highest BCUT2D eigenvalue weighted by molar-refractivity contribution is 7.26. The van der Waals surface area contributed by atoms with Crippen LogP contribution < -0.4 is 0 Å². The molecule has 0 fully saturated rings. The first kappa shape index (κ1) is 40.6. The van der Waals surface area contributed by atoms with E-state index in [9.17, 15) is 5.26 Å². The molecule has 71 heavy (non-hydrogen) atoms. The first-order valence-electron chi connectivity index (χ1n) is 23.7. The number of nitriles is 1. The summed E-state index contributed by atoms with van der Waals surface area (Å²) in [6, 6.07) is 83.0. The van der Waals surface area contributed by atoms with Crippen molar-refractivity contribution in [1.29, 1.82) is 5.26 Å². The normalized spacial score (nSPS) is 11.6. The largest absolute Gasteiger partial charge is 0.308 e. The number of thiophene rings is 1. The average Bonchev–Trinajstić information content (AvgIpc) is 4.12. The van der Waals surface area contributed by atoms with Crippen LogP contribution in [0.2, 0.25) is 0 Å². The fraction of sp³-hybridized carbons (Fsp3) is 0. The lowest BCUT2D eigenvalue weighted by atomic mass is 9.99. The van der Waals surface area contributed by atoms with Gasteiger partial charge >= 0.3 is 0 Å². The van der Waals surface area contributed by atoms with Crippen LogP contribution in [-0.4, -0.2) is 24.1 Å². The van der Waals surface area contributed by atoms with E-state index in [0.29, 0.717) is 28.6 Å². The third-order valence-corrected chi connectivity index (χ3v) is 15.0. The van der Waals surface area contributed by atoms with Crippen LogP contribution in [0.25, 0.3) is 132 Å². The Hall–Kier alpha value is -9.48. The third-order valence-electron chi connectivity index (χ3n) is 13.8. The van der Waals surface area contributed by atoms with E-state index in [1.165, 1.54) is 20.2 Å². The summed E-state index contributed by atoms with van der Waals surface area (Å²) in [5, 5.41) is 17.6. The quantitative estimate of drug-likeness (QED) is 0.160. The molecule has 7 heteroatoms. The predicted octanol–water partition coefficient (Wildman–Crippen LogP) is 16.6. The number of nitrogens with zero attached hydrogens (tertiary/aromatic N) is 6. The van der Waals surface area contributed by atoms with E-state index >= 15 is 0 Å². The monoisotopic (exact) mass is 922 g/mol. The molecule has 330 valence electrons. The molecule has 4 heterocycles. The summed E-state index contributed by atoms with van der Waals surface area (Å²) in [6.07, 6.45) is 0. The van der Waals surface area contributed by atoms with E-state index in [4.69, 9.17) is 15.0 Å². The maximum atomic E-state index is 10.6. The van der Waals surface area contributed by atoms with Crippen molar-refractivity contribution in [1.82, 2.24) is 24.1 Å². The van der Waals surface area contributed by atoms with Crippen LogP contribution in [0.3, 0.4) is 0 Å². The standard InChI is InChI=1S/C64H38N6S/c65-39-40-30-36-55(52(38-40)64-67-62(44-33-31-42(32-34-44)41-16-3-1-4-17-41)66-63(68-64)50-23-8-7-20-45(50)43-18-5-2-6-19-43)70-53-26-12-9-21-46(53)48-35-37-56-59(60(48)70)51-24-10-13-27-54(51)69(56)57-28-15-25-49-47-22-11-14-29-58(47)71-61(49)57/h1-38H. The van der Waals surface area contributed by atoms with Crippen LogP contribution in [0.1, 0.15) is 5.56 Å². The Morgan fingerprint density at radius 2 is 0.958 bits per heavy atom. The van der Waals surface area contributed by atoms with Gasteiger partial charge in [0.05, 0.1) is 49.8 Å². The number of hydrogen-bond acceptors (Lipinski definition) is 5. The van der Waals surface area contributed by atoms with Crippen molar-refractivity contribution >= 4 is 75.1 Å². The fourth-order valence-corrected chi connectivity index (χ4v) is 11.8. The molecule has 10 aromatic carbocycles. The van der Waals surface area contributed by atoms with Gasteiger partial charge in [0, 0.05) is 53.7 Å². The maximum absolute atomic E-state index is 10.6. The molecule has 0 radical (unpaired) electrons. The highest BCUT2D eigenvalue weighted by atomic mass is 32.1. The Kier molecular flexibility index (Phi) is 9.34. The van der Waals surface area contributed by atoms with Gasteiger partial charge in [0.2, 0.25) is 0 Å². The van der Waals surface area contributed by atoms with Crippen molar-refractivity contribution in [2.24, 2.45) is 0 Å². The minimum absolute atomic E-state index is 0.462. The molecular formula is C64H38N6S. The molecule has 0 N–H and O–H groups in total. The summed E-state index contributed by atoms with van der Waals surface area (Å²) < 4.78 is 7.33. The Bertz CT molecular complexity index is 4460. The van der Waals surface area contributed by atoms with Crippen LogP contribution in [0.5, 0.6) is 0 Å². The molecule has 4 aromatic heterocycles. The zero-order valence-corrected chi connectivity index (χ0v) is 38.8. The van der Waals surface area contributed by atoms with Gasteiger partial charge in [0.15, 0.2) is 17.5 Å². The van der Waals surface area contributed by atoms with Gasteiger partial charge in [-0.2, -0.15) is 5.26 Å². The van der Waals surface area contributed by atoms with Crippen LogP contribution in [-0.2, 0) is 0 Å². The van der Waals surface area contributed by atoms with Gasteiger partial charge in [-0.15, -0.1) is 11.3 Å². The number of hydrogen-bond donors (Lipinski definition) is 0. The highest BCUT2D eigenvalue weighted by Crippen LogP contribution is 2.46. The Labute approximate surface area is 412 Å². The molecule has 0 aliphatic carbocycles. The van der Waals surface area contributed by atoms with Crippen LogP contribution in [0, 0.1) is 11.3 Å². The zero-order chi connectivity index (χ0) is 47.0. The van der Waals surface area contributed by atoms with E-state index in [1.54, 1.807) is 0 Å². The zero-order valence-electron chi connectivity index (χ0n) is 38.0. The number of benzene rings is 10. The molecule has 0 atom stereocenters. The van der Waals surface area contributed by atoms with E-state index < -0.39 is 0 Å². The van der Waals surface area contributed by atoms with Crippen molar-refractivity contribution in [3.63, 3.8) is 0 Å². The van der Waals surface area contributed by atoms with Gasteiger partial charge in [-0.25, -0.2) is 15.0 Å². The summed E-state index contributed by atoms with van der Waals surface area (Å²) in [7, 11) is 0. The van der Waals surface area contributed by atoms with Crippen LogP contribution >= 0.6 is 11.3 Å². The molecule has 0 aliphatic heterocycles. The van der Waals surface area contributed by atoms with Crippen LogP contribution in [0.15, 0.2) is 231 Å². The summed E-state index contributed by atoms with van der Waals surface area (Å²) in [4.78, 5) is 16.0. The number of fused-ring (bicyclic) bond motifs is 10. The smallest absolute Gasteiger partial charge is 0.166 e. The van der Waals surface area contributed by atoms with Gasteiger partial charge < -0.3 is 9.13 Å². The molecular weight excluding hydrogens is 885 g/mol. The molecule has 0 amide bonds. The lowest BCUT2D eigenvalue weighted by Gasteiger charge is -2.16. The summed E-state index contributed by atoms with van der Waals surface area (Å²) in [6.45, 7) is 0. The molecule has 0 saturated carbocycles. The van der Waals surface area contributed by atoms with Crippen molar-refractivity contribution < 1.29 is 0 Å². The molecule has 0 aliphatic rings. The van der Waals surface area contributed by atoms with Crippen molar-refractivity contribution in [3.8, 4) is 73.9 Å². The topological polar surface area (TPSA) is 72.3 Å². The molecule has 0 saturated heterocycles. The lowest BCUT2D eigenvalue weighted by molar-refractivity contribution is 1.06. The molecule has 0 unspecified atom stereocenters. The van der Waals surface area contributed by atoms with Crippen molar-refractivity contribution in [2.75, 3.05) is 0 Å². The SMILES string of the molecule is N#Cc1ccc(-n2c3ccccc3c3ccc4c(c5ccccc5n4-c4cccc5c4sc4ccccc45)c32)c(-c2nc(-c3ccc(-c4ccccc4)cc3)nc(-c3ccccc3-c3ccccc3)n2)c1. The van der Waals surface area contributed by atoms with Gasteiger partial charge in [-0.1, -0.05) is 182 Å². The van der Waals surface area contributed by atoms with E-state index in [2.05, 4.69) is 215 Å². The number of aromatic nitrogens is 5. The first-order valence-corrected chi connectivity index (χ1v) is 24.5. The average molecular weight is 923 g/mol. The second-order valence-electron chi connectivity index (χ2n) is 17.8. The maximum Gasteiger partial charge on any atom is 0.166 e. The Balaban J connectivity index is 1.06. The highest BCUT2D eigenvalue weighted by Gasteiger charge is 2.25. The predicted molar refractivity (Wildman–Crippen MR) is 293 cm³/mol. The third kappa shape index (κ3) is 6.50. The van der Waals surface area contributed by atoms with Gasteiger partial charge in [-0.05, 0) is 70.8 Å². The molecule has 14 rings (SSSR count). The van der Waals surface area contributed by atoms with Crippen molar-refractivity contribution in [3.05, 3.63) is 236 Å². The van der Waals surface area contributed by atoms with Gasteiger partial charge in [-0.3, -0.25) is 0 Å². The number of para-hydroxylation sites is 2. The van der Waals surface area contributed by atoms with E-state index in [-0.39, 0.29) is 0 Å². The Morgan fingerprint density at radius 1 is 0.366 bits per heavy atom. The summed E-state index contributed by atoms with van der Waals surface area (Å²) in [5.41, 5.74) is 13.6. The first-order chi connectivity index (χ1) is 35.2. The molecule has 0 bridgehead atoms. The van der Waals surface area contributed by atoms with E-state index in [1.807, 2.05) is 41.7 Å². The molecule has 14 aromatic rings. The molecule has 0 spiro atoms. The minimum atomic E-state index is 0.462. The lowest BCUT2D eigenvalue weighted by Crippen LogP contribution is -2.04. The number of rotatable bonds is 7. The van der Waals surface area contributed by atoms with E-state index in [0.717, 1.165) is 88.4 Å². The minimum Gasteiger partial charge on any atom is -0.308 e. The van der Waals surface area contributed by atoms with Gasteiger partial charge in [0.1, 0.15) is 0 Å². The van der Waals surface area contributed by atoms with Crippen molar-refractivity contribution in [2.45, 2.75) is 0 Å². The second-order valence-corrected chi connectivity index (χ2v) is 18.9. The summed E-state index contributed by atoms with van der Waals surface area (Å²) >= 11 is 1.84. The second kappa shape index (κ2) is 16.3. The van der Waals surface area contributed by atoms with Gasteiger partial charge in [0.25, 0.3) is 0 Å².